The van der Waals surface area contributed by atoms with Crippen LogP contribution in [0.1, 0.15) is 13.8 Å². The summed E-state index contributed by atoms with van der Waals surface area (Å²) in [6.45, 7) is 4.82. The van der Waals surface area contributed by atoms with Gasteiger partial charge in [0.25, 0.3) is 5.69 Å². The number of nitro groups is 1. The van der Waals surface area contributed by atoms with Gasteiger partial charge in [0.05, 0.1) is 11.5 Å². The summed E-state index contributed by atoms with van der Waals surface area (Å²) in [6.07, 6.45) is 0. The van der Waals surface area contributed by atoms with E-state index in [2.05, 4.69) is 5.32 Å². The third-order valence-electron chi connectivity index (χ3n) is 2.74. The summed E-state index contributed by atoms with van der Waals surface area (Å²) in [5.41, 5.74) is 6.23. The number of nitrogen functional groups attached to an aromatic ring is 1. The van der Waals surface area contributed by atoms with Crippen LogP contribution in [0.5, 0.6) is 0 Å². The molecule has 0 radical (unpaired) electrons. The third-order valence-corrected chi connectivity index (χ3v) is 2.74. The van der Waals surface area contributed by atoms with Gasteiger partial charge in [0.2, 0.25) is 5.91 Å². The Morgan fingerprint density at radius 2 is 2.15 bits per heavy atom. The Hall–Kier alpha value is -2.31. The Labute approximate surface area is 117 Å². The zero-order chi connectivity index (χ0) is 15.3. The van der Waals surface area contributed by atoms with Gasteiger partial charge in [0.1, 0.15) is 5.69 Å². The van der Waals surface area contributed by atoms with Gasteiger partial charge >= 0.3 is 0 Å². The Kier molecular flexibility index (Phi) is 5.31. The Morgan fingerprint density at radius 1 is 1.50 bits per heavy atom. The fraction of sp³-hybridized carbons (Fsp3) is 0.462. The molecule has 0 spiro atoms. The number of nitrogens with one attached hydrogen (secondary N) is 1. The lowest BCUT2D eigenvalue weighted by atomic mass is 10.2. The summed E-state index contributed by atoms with van der Waals surface area (Å²) in [4.78, 5) is 23.5. The fourth-order valence-electron chi connectivity index (χ4n) is 1.63. The third kappa shape index (κ3) is 4.42. The zero-order valence-electron chi connectivity index (χ0n) is 11.9. The second-order valence-corrected chi connectivity index (χ2v) is 5.05. The zero-order valence-corrected chi connectivity index (χ0v) is 11.9. The van der Waals surface area contributed by atoms with Gasteiger partial charge < -0.3 is 16.0 Å². The highest BCUT2D eigenvalue weighted by Crippen LogP contribution is 2.26. The summed E-state index contributed by atoms with van der Waals surface area (Å²) in [6, 6.07) is 4.41. The van der Waals surface area contributed by atoms with Crippen molar-refractivity contribution in [2.75, 3.05) is 30.8 Å². The Bertz CT molecular complexity index is 502. The first-order chi connectivity index (χ1) is 9.31. The average molecular weight is 280 g/mol. The molecule has 0 heterocycles. The predicted octanol–water partition coefficient (Wildman–Crippen LogP) is 1.39. The number of hydrogen-bond acceptors (Lipinski definition) is 5. The molecule has 1 aromatic rings. The molecule has 0 atom stereocenters. The van der Waals surface area contributed by atoms with Crippen molar-refractivity contribution in [3.8, 4) is 0 Å². The molecule has 1 rings (SSSR count). The molecule has 0 aliphatic rings. The van der Waals surface area contributed by atoms with Crippen molar-refractivity contribution < 1.29 is 9.72 Å². The summed E-state index contributed by atoms with van der Waals surface area (Å²) in [7, 11) is 1.73. The van der Waals surface area contributed by atoms with Gasteiger partial charge in [-0.1, -0.05) is 13.8 Å². The molecular formula is C13H20N4O3. The number of nitrogens with zero attached hydrogens (tertiary/aromatic N) is 2. The molecule has 110 valence electrons. The first-order valence-corrected chi connectivity index (χ1v) is 6.33. The maximum absolute atomic E-state index is 11.7. The number of benzene rings is 1. The Morgan fingerprint density at radius 3 is 2.65 bits per heavy atom. The molecule has 0 aliphatic heterocycles. The molecule has 0 unspecified atom stereocenters. The first-order valence-electron chi connectivity index (χ1n) is 6.33. The van der Waals surface area contributed by atoms with E-state index in [-0.39, 0.29) is 23.8 Å². The normalized spacial score (nSPS) is 10.4. The van der Waals surface area contributed by atoms with Crippen LogP contribution < -0.4 is 16.0 Å². The number of carbonyl (C=O) groups excluding carboxylic acids is 1. The minimum Gasteiger partial charge on any atom is -0.393 e. The predicted molar refractivity (Wildman–Crippen MR) is 78.6 cm³/mol. The van der Waals surface area contributed by atoms with Crippen molar-refractivity contribution >= 4 is 23.0 Å². The van der Waals surface area contributed by atoms with Crippen LogP contribution in [0.15, 0.2) is 18.2 Å². The van der Waals surface area contributed by atoms with E-state index in [9.17, 15) is 14.9 Å². The van der Waals surface area contributed by atoms with E-state index in [0.717, 1.165) is 0 Å². The molecule has 0 saturated heterocycles. The quantitative estimate of drug-likeness (QED) is 0.465. The van der Waals surface area contributed by atoms with Crippen LogP contribution in [0.3, 0.4) is 0 Å². The van der Waals surface area contributed by atoms with Gasteiger partial charge in [0.15, 0.2) is 0 Å². The van der Waals surface area contributed by atoms with E-state index < -0.39 is 4.92 Å². The van der Waals surface area contributed by atoms with Crippen LogP contribution in [0.25, 0.3) is 0 Å². The maximum Gasteiger partial charge on any atom is 0.292 e. The van der Waals surface area contributed by atoms with Crippen LogP contribution in [-0.2, 0) is 4.79 Å². The lowest BCUT2D eigenvalue weighted by Crippen LogP contribution is -2.36. The van der Waals surface area contributed by atoms with Gasteiger partial charge in [0, 0.05) is 25.3 Å². The Balaban J connectivity index is 2.68. The van der Waals surface area contributed by atoms with Crippen molar-refractivity contribution in [3.63, 3.8) is 0 Å². The number of carbonyl (C=O) groups is 1. The lowest BCUT2D eigenvalue weighted by Gasteiger charge is -2.19. The van der Waals surface area contributed by atoms with E-state index in [1.54, 1.807) is 18.0 Å². The smallest absolute Gasteiger partial charge is 0.292 e. The largest absolute Gasteiger partial charge is 0.393 e. The lowest BCUT2D eigenvalue weighted by molar-refractivity contribution is -0.383. The molecule has 1 aromatic carbocycles. The molecule has 0 bridgehead atoms. The van der Waals surface area contributed by atoms with Crippen molar-refractivity contribution in [1.82, 2.24) is 5.32 Å². The average Bonchev–Trinajstić information content (AvgIpc) is 2.35. The molecular weight excluding hydrogens is 260 g/mol. The van der Waals surface area contributed by atoms with E-state index >= 15 is 0 Å². The highest BCUT2D eigenvalue weighted by atomic mass is 16.6. The van der Waals surface area contributed by atoms with Crippen LogP contribution >= 0.6 is 0 Å². The number of amides is 1. The van der Waals surface area contributed by atoms with Gasteiger partial charge in [-0.2, -0.15) is 0 Å². The molecule has 3 N–H and O–H groups in total. The second-order valence-electron chi connectivity index (χ2n) is 5.05. The molecule has 0 fully saturated rings. The molecule has 20 heavy (non-hydrogen) atoms. The van der Waals surface area contributed by atoms with E-state index in [1.807, 2.05) is 13.8 Å². The highest BCUT2D eigenvalue weighted by Gasteiger charge is 2.14. The van der Waals surface area contributed by atoms with Crippen molar-refractivity contribution in [2.45, 2.75) is 13.8 Å². The highest BCUT2D eigenvalue weighted by molar-refractivity contribution is 5.81. The van der Waals surface area contributed by atoms with Gasteiger partial charge in [-0.3, -0.25) is 14.9 Å². The number of nitro benzene ring substituents is 1. The summed E-state index contributed by atoms with van der Waals surface area (Å²) < 4.78 is 0. The van der Waals surface area contributed by atoms with Crippen LogP contribution in [-0.4, -0.2) is 31.0 Å². The van der Waals surface area contributed by atoms with Crippen molar-refractivity contribution in [1.29, 1.82) is 0 Å². The number of rotatable bonds is 6. The van der Waals surface area contributed by atoms with E-state index in [0.29, 0.717) is 18.2 Å². The monoisotopic (exact) mass is 280 g/mol. The fourth-order valence-corrected chi connectivity index (χ4v) is 1.63. The molecule has 0 saturated carbocycles. The molecule has 0 aliphatic carbocycles. The van der Waals surface area contributed by atoms with Gasteiger partial charge in [-0.05, 0) is 18.1 Å². The number of anilines is 2. The standard InChI is InChI=1S/C13H20N4O3/c1-9(2)7-15-13(18)8-16(3)10-4-5-12(17(19)20)11(14)6-10/h4-6,9H,7-8,14H2,1-3H3,(H,15,18). The minimum atomic E-state index is -0.533. The molecule has 7 nitrogen and oxygen atoms in total. The number of hydrogen-bond donors (Lipinski definition) is 2. The maximum atomic E-state index is 11.7. The first kappa shape index (κ1) is 15.7. The summed E-state index contributed by atoms with van der Waals surface area (Å²) >= 11 is 0. The second kappa shape index (κ2) is 6.74. The van der Waals surface area contributed by atoms with Crippen LogP contribution in [0.2, 0.25) is 0 Å². The van der Waals surface area contributed by atoms with Gasteiger partial charge in [-0.25, -0.2) is 0 Å². The summed E-state index contributed by atoms with van der Waals surface area (Å²) in [5.74, 6) is 0.289. The SMILES string of the molecule is CC(C)CNC(=O)CN(C)c1ccc([N+](=O)[O-])c(N)c1. The number of likely N-dealkylation sites (N-methyl/N-ethyl adjacent to an activating group) is 1. The topological polar surface area (TPSA) is 102 Å². The minimum absolute atomic E-state index is 0.0851. The van der Waals surface area contributed by atoms with Crippen molar-refractivity contribution in [3.05, 3.63) is 28.3 Å². The van der Waals surface area contributed by atoms with E-state index in [4.69, 9.17) is 5.73 Å². The molecule has 7 heteroatoms. The van der Waals surface area contributed by atoms with Crippen LogP contribution in [0.4, 0.5) is 17.1 Å². The summed E-state index contributed by atoms with van der Waals surface area (Å²) in [5, 5.41) is 13.5. The molecule has 1 amide bonds. The molecule has 0 aromatic heterocycles. The van der Waals surface area contributed by atoms with Gasteiger partial charge in [-0.15, -0.1) is 0 Å². The van der Waals surface area contributed by atoms with E-state index in [1.165, 1.54) is 12.1 Å². The number of nitrogens with two attached hydrogens (primary N) is 1. The van der Waals surface area contributed by atoms with Crippen LogP contribution in [0, 0.1) is 16.0 Å². The van der Waals surface area contributed by atoms with Crippen molar-refractivity contribution in [2.24, 2.45) is 5.92 Å².